The van der Waals surface area contributed by atoms with Crippen molar-refractivity contribution in [1.82, 2.24) is 4.90 Å². The molecule has 2 aromatic rings. The van der Waals surface area contributed by atoms with Gasteiger partial charge >= 0.3 is 0 Å². The summed E-state index contributed by atoms with van der Waals surface area (Å²) < 4.78 is 0. The molecule has 0 aliphatic carbocycles. The predicted molar refractivity (Wildman–Crippen MR) is 80.8 cm³/mol. The Kier molecular flexibility index (Phi) is 3.88. The minimum Gasteiger partial charge on any atom is -0.508 e. The number of carbonyl (C=O) groups is 1. The third-order valence-corrected chi connectivity index (χ3v) is 3.95. The second kappa shape index (κ2) is 5.97. The summed E-state index contributed by atoms with van der Waals surface area (Å²) in [5, 5.41) is 9.33. The van der Waals surface area contributed by atoms with Crippen LogP contribution in [0.25, 0.3) is 0 Å². The molecule has 1 saturated heterocycles. The first-order chi connectivity index (χ1) is 10.2. The molecule has 0 radical (unpaired) electrons. The van der Waals surface area contributed by atoms with Gasteiger partial charge in [-0.2, -0.15) is 0 Å². The van der Waals surface area contributed by atoms with Crippen molar-refractivity contribution in [3.05, 3.63) is 60.2 Å². The lowest BCUT2D eigenvalue weighted by atomic mass is 10.1. The molecular formula is C17H19N2O2+. The number of hydrogen-bond acceptors (Lipinski definition) is 2. The van der Waals surface area contributed by atoms with Crippen LogP contribution in [0.15, 0.2) is 54.6 Å². The van der Waals surface area contributed by atoms with E-state index in [9.17, 15) is 9.90 Å². The quantitative estimate of drug-likeness (QED) is 0.810. The Morgan fingerprint density at radius 1 is 0.952 bits per heavy atom. The number of quaternary nitrogens is 1. The van der Waals surface area contributed by atoms with Crippen LogP contribution in [0.5, 0.6) is 5.75 Å². The molecule has 4 nitrogen and oxygen atoms in total. The van der Waals surface area contributed by atoms with Gasteiger partial charge in [0.05, 0.1) is 26.2 Å². The van der Waals surface area contributed by atoms with Crippen LogP contribution in [0, 0.1) is 0 Å². The van der Waals surface area contributed by atoms with Crippen LogP contribution < -0.4 is 4.90 Å². The van der Waals surface area contributed by atoms with Gasteiger partial charge in [-0.1, -0.05) is 18.2 Å². The van der Waals surface area contributed by atoms with E-state index in [0.717, 1.165) is 31.7 Å². The van der Waals surface area contributed by atoms with Gasteiger partial charge in [-0.15, -0.1) is 0 Å². The molecule has 1 amide bonds. The largest absolute Gasteiger partial charge is 0.508 e. The highest BCUT2D eigenvalue weighted by atomic mass is 16.3. The Morgan fingerprint density at radius 2 is 1.57 bits per heavy atom. The van der Waals surface area contributed by atoms with Crippen molar-refractivity contribution in [2.75, 3.05) is 26.2 Å². The van der Waals surface area contributed by atoms with Crippen molar-refractivity contribution in [3.63, 3.8) is 0 Å². The first kappa shape index (κ1) is 13.6. The fourth-order valence-electron chi connectivity index (χ4n) is 2.73. The fraction of sp³-hybridized carbons (Fsp3) is 0.235. The van der Waals surface area contributed by atoms with Crippen LogP contribution in [0.4, 0.5) is 5.69 Å². The van der Waals surface area contributed by atoms with Gasteiger partial charge in [0, 0.05) is 17.7 Å². The molecule has 0 atom stereocenters. The maximum absolute atomic E-state index is 12.4. The number of piperazine rings is 1. The van der Waals surface area contributed by atoms with Crippen molar-refractivity contribution in [2.45, 2.75) is 0 Å². The second-order valence-electron chi connectivity index (χ2n) is 5.31. The summed E-state index contributed by atoms with van der Waals surface area (Å²) in [6.45, 7) is 3.29. The van der Waals surface area contributed by atoms with Crippen LogP contribution >= 0.6 is 0 Å². The van der Waals surface area contributed by atoms with E-state index in [1.165, 1.54) is 10.6 Å². The lowest BCUT2D eigenvalue weighted by molar-refractivity contribution is -0.837. The van der Waals surface area contributed by atoms with E-state index in [1.54, 1.807) is 12.1 Å². The molecule has 0 saturated carbocycles. The minimum absolute atomic E-state index is 0.111. The van der Waals surface area contributed by atoms with E-state index in [2.05, 4.69) is 0 Å². The van der Waals surface area contributed by atoms with Gasteiger partial charge in [-0.3, -0.25) is 9.69 Å². The van der Waals surface area contributed by atoms with Gasteiger partial charge in [0.1, 0.15) is 11.4 Å². The van der Waals surface area contributed by atoms with Crippen LogP contribution in [0.1, 0.15) is 10.4 Å². The zero-order valence-corrected chi connectivity index (χ0v) is 11.8. The molecule has 1 heterocycles. The first-order valence-corrected chi connectivity index (χ1v) is 7.22. The topological polar surface area (TPSA) is 45.0 Å². The number of rotatable bonds is 2. The Labute approximate surface area is 124 Å². The van der Waals surface area contributed by atoms with Gasteiger partial charge in [-0.25, -0.2) is 0 Å². The molecule has 2 N–H and O–H groups in total. The number of amides is 1. The normalized spacial score (nSPS) is 15.9. The maximum atomic E-state index is 12.4. The molecule has 21 heavy (non-hydrogen) atoms. The summed E-state index contributed by atoms with van der Waals surface area (Å²) in [4.78, 5) is 15.6. The van der Waals surface area contributed by atoms with Gasteiger partial charge in [0.2, 0.25) is 0 Å². The highest BCUT2D eigenvalue weighted by Gasteiger charge is 2.25. The molecule has 0 unspecified atom stereocenters. The monoisotopic (exact) mass is 283 g/mol. The Balaban J connectivity index is 1.63. The summed E-state index contributed by atoms with van der Waals surface area (Å²) in [5.74, 6) is 0.399. The molecule has 108 valence electrons. The number of phenols is 1. The average molecular weight is 283 g/mol. The third kappa shape index (κ3) is 3.06. The van der Waals surface area contributed by atoms with Crippen LogP contribution in [0.3, 0.4) is 0 Å². The van der Waals surface area contributed by atoms with Gasteiger partial charge in [-0.05, 0) is 24.3 Å². The lowest BCUT2D eigenvalue weighted by Crippen LogP contribution is -3.10. The number of phenolic OH excluding ortho intramolecular Hbond substituents is 1. The van der Waals surface area contributed by atoms with Crippen LogP contribution in [0.2, 0.25) is 0 Å². The number of benzene rings is 2. The van der Waals surface area contributed by atoms with E-state index in [0.29, 0.717) is 0 Å². The SMILES string of the molecule is O=C(c1ccccc1)N1CC[NH+](c2ccc(O)cc2)CC1. The Morgan fingerprint density at radius 3 is 2.19 bits per heavy atom. The zero-order chi connectivity index (χ0) is 14.7. The molecule has 1 fully saturated rings. The molecule has 0 aromatic heterocycles. The van der Waals surface area contributed by atoms with E-state index in [4.69, 9.17) is 0 Å². The Hall–Kier alpha value is -2.33. The van der Waals surface area contributed by atoms with Crippen molar-refractivity contribution in [1.29, 1.82) is 0 Å². The van der Waals surface area contributed by atoms with E-state index < -0.39 is 0 Å². The summed E-state index contributed by atoms with van der Waals surface area (Å²) in [6, 6.07) is 16.7. The molecule has 0 bridgehead atoms. The zero-order valence-electron chi connectivity index (χ0n) is 11.8. The van der Waals surface area contributed by atoms with Crippen molar-refractivity contribution < 1.29 is 14.8 Å². The number of aromatic hydroxyl groups is 1. The first-order valence-electron chi connectivity index (χ1n) is 7.22. The van der Waals surface area contributed by atoms with E-state index in [-0.39, 0.29) is 11.7 Å². The molecule has 0 spiro atoms. The standard InChI is InChI=1S/C17H18N2O2/c20-16-8-6-15(7-9-16)18-10-12-19(13-11-18)17(21)14-4-2-1-3-5-14/h1-9,20H,10-13H2/p+1. The van der Waals surface area contributed by atoms with E-state index in [1.807, 2.05) is 47.4 Å². The maximum Gasteiger partial charge on any atom is 0.254 e. The summed E-state index contributed by atoms with van der Waals surface area (Å²) in [7, 11) is 0. The third-order valence-electron chi connectivity index (χ3n) is 3.95. The summed E-state index contributed by atoms with van der Waals surface area (Å²) in [5.41, 5.74) is 1.92. The molecule has 2 aromatic carbocycles. The van der Waals surface area contributed by atoms with Gasteiger partial charge < -0.3 is 10.0 Å². The number of hydrogen-bond donors (Lipinski definition) is 2. The molecule has 4 heteroatoms. The summed E-state index contributed by atoms with van der Waals surface area (Å²) >= 11 is 0. The number of nitrogens with zero attached hydrogens (tertiary/aromatic N) is 1. The van der Waals surface area contributed by atoms with Crippen molar-refractivity contribution in [3.8, 4) is 5.75 Å². The van der Waals surface area contributed by atoms with Crippen molar-refractivity contribution >= 4 is 11.6 Å². The predicted octanol–water partition coefficient (Wildman–Crippen LogP) is 1.06. The smallest absolute Gasteiger partial charge is 0.254 e. The number of carbonyl (C=O) groups excluding carboxylic acids is 1. The highest BCUT2D eigenvalue weighted by molar-refractivity contribution is 5.94. The molecule has 3 rings (SSSR count). The van der Waals surface area contributed by atoms with Crippen molar-refractivity contribution in [2.24, 2.45) is 0 Å². The van der Waals surface area contributed by atoms with Crippen LogP contribution in [-0.2, 0) is 0 Å². The van der Waals surface area contributed by atoms with Gasteiger partial charge in [0.25, 0.3) is 5.91 Å². The van der Waals surface area contributed by atoms with E-state index >= 15 is 0 Å². The highest BCUT2D eigenvalue weighted by Crippen LogP contribution is 2.11. The second-order valence-corrected chi connectivity index (χ2v) is 5.31. The fourth-order valence-corrected chi connectivity index (χ4v) is 2.73. The average Bonchev–Trinajstić information content (AvgIpc) is 2.56. The number of nitrogens with one attached hydrogen (secondary N) is 1. The Bertz CT molecular complexity index is 602. The molecular weight excluding hydrogens is 264 g/mol. The van der Waals surface area contributed by atoms with Gasteiger partial charge in [0.15, 0.2) is 0 Å². The lowest BCUT2D eigenvalue weighted by Gasteiger charge is -2.32. The van der Waals surface area contributed by atoms with Crippen LogP contribution in [-0.4, -0.2) is 42.1 Å². The molecule has 1 aliphatic heterocycles. The minimum atomic E-state index is 0.111. The molecule has 1 aliphatic rings. The summed E-state index contributed by atoms with van der Waals surface area (Å²) in [6.07, 6.45) is 0.